The Morgan fingerprint density at radius 2 is 2.00 bits per heavy atom. The average Bonchev–Trinajstić information content (AvgIpc) is 2.81. The van der Waals surface area contributed by atoms with Crippen LogP contribution in [0.4, 0.5) is 0 Å². The van der Waals surface area contributed by atoms with E-state index in [0.717, 1.165) is 0 Å². The lowest BCUT2D eigenvalue weighted by Crippen LogP contribution is -2.51. The lowest BCUT2D eigenvalue weighted by molar-refractivity contribution is -0.129. The predicted molar refractivity (Wildman–Crippen MR) is 100 cm³/mol. The molecule has 0 aromatic heterocycles. The summed E-state index contributed by atoms with van der Waals surface area (Å²) >= 11 is 0. The van der Waals surface area contributed by atoms with E-state index in [4.69, 9.17) is 4.74 Å². The van der Waals surface area contributed by atoms with E-state index in [1.54, 1.807) is 35.0 Å². The summed E-state index contributed by atoms with van der Waals surface area (Å²) in [5.74, 6) is 0.176. The van der Waals surface area contributed by atoms with Crippen LogP contribution < -0.4 is 10.1 Å². The van der Waals surface area contributed by atoms with Crippen LogP contribution in [0.5, 0.6) is 5.75 Å². The summed E-state index contributed by atoms with van der Waals surface area (Å²) in [5.41, 5.74) is -0.225. The van der Waals surface area contributed by atoms with Gasteiger partial charge in [-0.05, 0) is 32.4 Å². The van der Waals surface area contributed by atoms with E-state index in [9.17, 15) is 14.4 Å². The summed E-state index contributed by atoms with van der Waals surface area (Å²) in [7, 11) is 1.78. The second kappa shape index (κ2) is 7.58. The van der Waals surface area contributed by atoms with E-state index in [0.29, 0.717) is 37.1 Å². The molecule has 0 saturated carbocycles. The smallest absolute Gasteiger partial charge is 0.258 e. The number of fused-ring (bicyclic) bond motifs is 1. The number of benzene rings is 1. The molecule has 1 atom stereocenters. The van der Waals surface area contributed by atoms with Crippen LogP contribution in [0.1, 0.15) is 43.5 Å². The van der Waals surface area contributed by atoms with Crippen molar-refractivity contribution in [1.29, 1.82) is 0 Å². The summed E-state index contributed by atoms with van der Waals surface area (Å²) in [6.45, 7) is 4.58. The summed E-state index contributed by atoms with van der Waals surface area (Å²) in [5, 5.41) is 2.84. The quantitative estimate of drug-likeness (QED) is 0.869. The van der Waals surface area contributed by atoms with Crippen LogP contribution in [-0.4, -0.2) is 65.8 Å². The SMILES string of the molecule is CC(C)NC(=O)CN1C[C@]2(CCC(=O)N(C)CC2)Oc2ccccc2C1=O. The van der Waals surface area contributed by atoms with E-state index < -0.39 is 5.60 Å². The normalized spacial score (nSPS) is 23.0. The fraction of sp³-hybridized carbons (Fsp3) is 0.550. The first-order valence-corrected chi connectivity index (χ1v) is 9.40. The Bertz CT molecular complexity index is 748. The number of hydrogen-bond donors (Lipinski definition) is 1. The monoisotopic (exact) mass is 373 g/mol. The van der Waals surface area contributed by atoms with Gasteiger partial charge < -0.3 is 19.9 Å². The van der Waals surface area contributed by atoms with Crippen molar-refractivity contribution in [2.24, 2.45) is 0 Å². The Labute approximate surface area is 159 Å². The Morgan fingerprint density at radius 1 is 1.26 bits per heavy atom. The molecule has 7 nitrogen and oxygen atoms in total. The van der Waals surface area contributed by atoms with Crippen LogP contribution in [0.25, 0.3) is 0 Å². The number of rotatable bonds is 3. The molecule has 1 fully saturated rings. The highest BCUT2D eigenvalue weighted by Gasteiger charge is 2.43. The zero-order valence-electron chi connectivity index (χ0n) is 16.2. The Balaban J connectivity index is 1.93. The van der Waals surface area contributed by atoms with Crippen molar-refractivity contribution in [2.45, 2.75) is 44.8 Å². The van der Waals surface area contributed by atoms with Crippen LogP contribution in [0, 0.1) is 0 Å². The number of nitrogens with one attached hydrogen (secondary N) is 1. The number of carbonyl (C=O) groups is 3. The first kappa shape index (κ1) is 19.2. The van der Waals surface area contributed by atoms with Crippen LogP contribution in [0.2, 0.25) is 0 Å². The number of para-hydroxylation sites is 1. The molecule has 0 unspecified atom stereocenters. The highest BCUT2D eigenvalue weighted by atomic mass is 16.5. The van der Waals surface area contributed by atoms with Gasteiger partial charge in [-0.25, -0.2) is 0 Å². The van der Waals surface area contributed by atoms with Crippen molar-refractivity contribution in [2.75, 3.05) is 26.7 Å². The second-order valence-corrected chi connectivity index (χ2v) is 7.73. The van der Waals surface area contributed by atoms with E-state index in [-0.39, 0.29) is 36.9 Å². The zero-order valence-corrected chi connectivity index (χ0v) is 16.2. The van der Waals surface area contributed by atoms with Gasteiger partial charge in [0.2, 0.25) is 11.8 Å². The van der Waals surface area contributed by atoms with Gasteiger partial charge >= 0.3 is 0 Å². The molecule has 0 bridgehead atoms. The lowest BCUT2D eigenvalue weighted by atomic mass is 9.93. The van der Waals surface area contributed by atoms with Gasteiger partial charge in [-0.3, -0.25) is 14.4 Å². The second-order valence-electron chi connectivity index (χ2n) is 7.73. The van der Waals surface area contributed by atoms with Gasteiger partial charge in [-0.2, -0.15) is 0 Å². The minimum atomic E-state index is -0.680. The van der Waals surface area contributed by atoms with Crippen molar-refractivity contribution in [3.8, 4) is 5.75 Å². The van der Waals surface area contributed by atoms with Crippen LogP contribution in [0.15, 0.2) is 24.3 Å². The van der Waals surface area contributed by atoms with Gasteiger partial charge in [-0.1, -0.05) is 12.1 Å². The van der Waals surface area contributed by atoms with Crippen molar-refractivity contribution < 1.29 is 19.1 Å². The minimum absolute atomic E-state index is 0.00114. The van der Waals surface area contributed by atoms with Crippen molar-refractivity contribution in [1.82, 2.24) is 15.1 Å². The molecule has 1 aromatic rings. The van der Waals surface area contributed by atoms with E-state index >= 15 is 0 Å². The molecule has 2 aliphatic rings. The van der Waals surface area contributed by atoms with Crippen molar-refractivity contribution in [3.05, 3.63) is 29.8 Å². The molecular weight excluding hydrogens is 346 g/mol. The maximum Gasteiger partial charge on any atom is 0.258 e. The molecule has 0 aliphatic carbocycles. The van der Waals surface area contributed by atoms with Crippen molar-refractivity contribution >= 4 is 17.7 Å². The maximum atomic E-state index is 13.1. The molecule has 2 heterocycles. The van der Waals surface area contributed by atoms with Gasteiger partial charge in [0.25, 0.3) is 5.91 Å². The molecule has 1 N–H and O–H groups in total. The van der Waals surface area contributed by atoms with Gasteiger partial charge in [0, 0.05) is 32.5 Å². The molecule has 2 aliphatic heterocycles. The first-order valence-electron chi connectivity index (χ1n) is 9.40. The van der Waals surface area contributed by atoms with Crippen LogP contribution in [-0.2, 0) is 9.59 Å². The third kappa shape index (κ3) is 4.23. The standard InChI is InChI=1S/C20H27N3O4/c1-14(2)21-17(24)12-23-13-20(9-8-18(25)22(3)11-10-20)27-16-7-5-4-6-15(16)19(23)26/h4-7,14H,8-13H2,1-3H3,(H,21,24)/t20-/m1/s1. The largest absolute Gasteiger partial charge is 0.485 e. The third-order valence-corrected chi connectivity index (χ3v) is 5.12. The molecule has 146 valence electrons. The van der Waals surface area contributed by atoms with E-state index in [1.807, 2.05) is 19.9 Å². The number of amides is 3. The molecule has 1 saturated heterocycles. The zero-order chi connectivity index (χ0) is 19.6. The number of hydrogen-bond acceptors (Lipinski definition) is 4. The number of nitrogens with zero attached hydrogens (tertiary/aromatic N) is 2. The first-order chi connectivity index (χ1) is 12.8. The highest BCUT2D eigenvalue weighted by molar-refractivity contribution is 5.99. The molecule has 1 aromatic carbocycles. The molecule has 3 amide bonds. The predicted octanol–water partition coefficient (Wildman–Crippen LogP) is 1.43. The van der Waals surface area contributed by atoms with E-state index in [2.05, 4.69) is 5.32 Å². The average molecular weight is 373 g/mol. The lowest BCUT2D eigenvalue weighted by Gasteiger charge is -2.35. The topological polar surface area (TPSA) is 79.0 Å². The number of likely N-dealkylation sites (tertiary alicyclic amines) is 1. The fourth-order valence-corrected chi connectivity index (χ4v) is 3.66. The number of ether oxygens (including phenoxy) is 1. The molecule has 1 spiro atoms. The van der Waals surface area contributed by atoms with Gasteiger partial charge in [0.1, 0.15) is 17.9 Å². The van der Waals surface area contributed by atoms with Gasteiger partial charge in [-0.15, -0.1) is 0 Å². The Morgan fingerprint density at radius 3 is 2.74 bits per heavy atom. The molecule has 7 heteroatoms. The minimum Gasteiger partial charge on any atom is -0.485 e. The molecular formula is C20H27N3O4. The summed E-state index contributed by atoms with van der Waals surface area (Å²) in [6.07, 6.45) is 1.48. The summed E-state index contributed by atoms with van der Waals surface area (Å²) in [4.78, 5) is 40.8. The summed E-state index contributed by atoms with van der Waals surface area (Å²) in [6, 6.07) is 7.12. The van der Waals surface area contributed by atoms with E-state index in [1.165, 1.54) is 0 Å². The molecule has 3 rings (SSSR count). The van der Waals surface area contributed by atoms with Gasteiger partial charge in [0.15, 0.2) is 0 Å². The Hall–Kier alpha value is -2.57. The Kier molecular flexibility index (Phi) is 5.39. The highest BCUT2D eigenvalue weighted by Crippen LogP contribution is 2.35. The molecule has 27 heavy (non-hydrogen) atoms. The number of carbonyl (C=O) groups excluding carboxylic acids is 3. The van der Waals surface area contributed by atoms with Crippen LogP contribution in [0.3, 0.4) is 0 Å². The maximum absolute atomic E-state index is 13.1. The van der Waals surface area contributed by atoms with Crippen LogP contribution >= 0.6 is 0 Å². The third-order valence-electron chi connectivity index (χ3n) is 5.12. The van der Waals surface area contributed by atoms with Crippen molar-refractivity contribution in [3.63, 3.8) is 0 Å². The summed E-state index contributed by atoms with van der Waals surface area (Å²) < 4.78 is 6.35. The fourth-order valence-electron chi connectivity index (χ4n) is 3.66. The molecule has 0 radical (unpaired) electrons. The van der Waals surface area contributed by atoms with Gasteiger partial charge in [0.05, 0.1) is 12.1 Å².